The predicted molar refractivity (Wildman–Crippen MR) is 92.0 cm³/mol. The Hall–Kier alpha value is -3.14. The lowest BCUT2D eigenvalue weighted by molar-refractivity contribution is 0.475. The summed E-state index contributed by atoms with van der Waals surface area (Å²) in [6.45, 7) is 1.79. The zero-order valence-electron chi connectivity index (χ0n) is 12.7. The Labute approximate surface area is 134 Å². The van der Waals surface area contributed by atoms with Gasteiger partial charge in [-0.15, -0.1) is 0 Å². The van der Waals surface area contributed by atoms with Crippen molar-refractivity contribution in [3.8, 4) is 17.1 Å². The Kier molecular flexibility index (Phi) is 4.06. The van der Waals surface area contributed by atoms with Crippen LogP contribution in [0.4, 0.5) is 0 Å². The van der Waals surface area contributed by atoms with Gasteiger partial charge >= 0.3 is 0 Å². The highest BCUT2D eigenvalue weighted by Gasteiger charge is 2.07. The molecule has 0 spiro atoms. The molecule has 0 saturated heterocycles. The van der Waals surface area contributed by atoms with Gasteiger partial charge in [-0.1, -0.05) is 30.3 Å². The van der Waals surface area contributed by atoms with Crippen molar-refractivity contribution in [3.05, 3.63) is 82.3 Å². The van der Waals surface area contributed by atoms with Gasteiger partial charge in [0.1, 0.15) is 11.6 Å². The van der Waals surface area contributed by atoms with Crippen LogP contribution in [0.3, 0.4) is 0 Å². The third kappa shape index (κ3) is 3.37. The van der Waals surface area contributed by atoms with E-state index >= 15 is 0 Å². The lowest BCUT2D eigenvalue weighted by Crippen LogP contribution is -2.18. The summed E-state index contributed by atoms with van der Waals surface area (Å²) >= 11 is 0. The fourth-order valence-electron chi connectivity index (χ4n) is 2.29. The van der Waals surface area contributed by atoms with Crippen LogP contribution in [-0.2, 0) is 0 Å². The van der Waals surface area contributed by atoms with Crippen molar-refractivity contribution >= 4 is 12.3 Å². The first-order chi connectivity index (χ1) is 11.1. The first kappa shape index (κ1) is 14.8. The number of hydrogen-bond acceptors (Lipinski definition) is 3. The minimum Gasteiger partial charge on any atom is -0.508 e. The minimum absolute atomic E-state index is 0.146. The van der Waals surface area contributed by atoms with Gasteiger partial charge in [-0.05, 0) is 42.8 Å². The predicted octanol–water partition coefficient (Wildman–Crippen LogP) is 3.55. The maximum absolute atomic E-state index is 12.3. The maximum atomic E-state index is 12.3. The van der Waals surface area contributed by atoms with E-state index in [1.807, 2.05) is 36.4 Å². The molecule has 23 heavy (non-hydrogen) atoms. The Morgan fingerprint density at radius 3 is 2.43 bits per heavy atom. The van der Waals surface area contributed by atoms with Gasteiger partial charge in [0.05, 0.1) is 0 Å². The number of aryl methyl sites for hydroxylation is 1. The molecule has 114 valence electrons. The molecular weight excluding hydrogens is 288 g/mol. The van der Waals surface area contributed by atoms with Crippen molar-refractivity contribution in [1.29, 1.82) is 0 Å². The molecule has 4 nitrogen and oxygen atoms in total. The van der Waals surface area contributed by atoms with Crippen LogP contribution in [0.5, 0.6) is 5.75 Å². The molecule has 0 bridgehead atoms. The fraction of sp³-hybridized carbons (Fsp3) is 0.0526. The van der Waals surface area contributed by atoms with Gasteiger partial charge in [-0.2, -0.15) is 0 Å². The molecule has 3 aromatic rings. The van der Waals surface area contributed by atoms with Gasteiger partial charge in [-0.3, -0.25) is 9.36 Å². The van der Waals surface area contributed by atoms with Crippen LogP contribution in [0.1, 0.15) is 11.3 Å². The summed E-state index contributed by atoms with van der Waals surface area (Å²) in [5.41, 5.74) is 2.27. The molecule has 4 heteroatoms. The molecule has 2 aromatic carbocycles. The van der Waals surface area contributed by atoms with Crippen molar-refractivity contribution in [2.45, 2.75) is 6.92 Å². The Balaban J connectivity index is 2.11. The zero-order valence-corrected chi connectivity index (χ0v) is 12.7. The van der Waals surface area contributed by atoms with Crippen LogP contribution in [0.2, 0.25) is 0 Å². The highest BCUT2D eigenvalue weighted by atomic mass is 16.3. The SMILES string of the molecule is Cc1cc(=O)n(C=Cc2ccccc2)c(-c2ccc(O)cc2)n1. The summed E-state index contributed by atoms with van der Waals surface area (Å²) in [6, 6.07) is 17.9. The average molecular weight is 304 g/mol. The molecule has 3 rings (SSSR count). The van der Waals surface area contributed by atoms with Gasteiger partial charge in [0.15, 0.2) is 0 Å². The molecule has 0 aliphatic carbocycles. The number of rotatable bonds is 3. The summed E-state index contributed by atoms with van der Waals surface area (Å²) in [5.74, 6) is 0.720. The van der Waals surface area contributed by atoms with Crippen molar-refractivity contribution in [2.75, 3.05) is 0 Å². The summed E-state index contributed by atoms with van der Waals surface area (Å²) in [5, 5.41) is 9.43. The largest absolute Gasteiger partial charge is 0.508 e. The second-order valence-corrected chi connectivity index (χ2v) is 5.20. The van der Waals surface area contributed by atoms with Crippen LogP contribution < -0.4 is 5.56 Å². The number of hydrogen-bond donors (Lipinski definition) is 1. The number of aromatic nitrogens is 2. The second kappa shape index (κ2) is 6.32. The molecule has 0 aliphatic heterocycles. The topological polar surface area (TPSA) is 55.1 Å². The molecule has 0 fully saturated rings. The smallest absolute Gasteiger partial charge is 0.258 e. The van der Waals surface area contributed by atoms with E-state index in [4.69, 9.17) is 0 Å². The quantitative estimate of drug-likeness (QED) is 0.805. The molecule has 0 radical (unpaired) electrons. The molecule has 0 unspecified atom stereocenters. The molecule has 1 N–H and O–H groups in total. The van der Waals surface area contributed by atoms with Crippen molar-refractivity contribution in [2.24, 2.45) is 0 Å². The van der Waals surface area contributed by atoms with E-state index in [-0.39, 0.29) is 11.3 Å². The van der Waals surface area contributed by atoms with Crippen LogP contribution in [0.15, 0.2) is 65.5 Å². The van der Waals surface area contributed by atoms with E-state index < -0.39 is 0 Å². The first-order valence-corrected chi connectivity index (χ1v) is 7.26. The van der Waals surface area contributed by atoms with Gasteiger partial charge < -0.3 is 5.11 Å². The van der Waals surface area contributed by atoms with E-state index in [0.717, 1.165) is 11.1 Å². The third-order valence-corrected chi connectivity index (χ3v) is 3.42. The lowest BCUT2D eigenvalue weighted by Gasteiger charge is -2.09. The first-order valence-electron chi connectivity index (χ1n) is 7.26. The van der Waals surface area contributed by atoms with E-state index in [2.05, 4.69) is 4.98 Å². The van der Waals surface area contributed by atoms with Crippen molar-refractivity contribution < 1.29 is 5.11 Å². The van der Waals surface area contributed by atoms with Crippen LogP contribution in [0, 0.1) is 6.92 Å². The molecule has 0 atom stereocenters. The van der Waals surface area contributed by atoms with E-state index in [1.165, 1.54) is 10.6 Å². The van der Waals surface area contributed by atoms with Crippen molar-refractivity contribution in [3.63, 3.8) is 0 Å². The summed E-state index contributed by atoms with van der Waals surface area (Å²) in [6.07, 6.45) is 3.58. The molecule has 1 aromatic heterocycles. The van der Waals surface area contributed by atoms with E-state index in [1.54, 1.807) is 37.4 Å². The van der Waals surface area contributed by atoms with Gasteiger partial charge in [0, 0.05) is 23.5 Å². The maximum Gasteiger partial charge on any atom is 0.258 e. The number of aromatic hydroxyl groups is 1. The standard InChI is InChI=1S/C19H16N2O2/c1-14-13-18(23)21(12-11-15-5-3-2-4-6-15)19(20-14)16-7-9-17(22)10-8-16/h2-13,22H,1H3. The van der Waals surface area contributed by atoms with Crippen LogP contribution in [-0.4, -0.2) is 14.7 Å². The monoisotopic (exact) mass is 304 g/mol. The number of phenols is 1. The number of benzene rings is 2. The molecule has 1 heterocycles. The van der Waals surface area contributed by atoms with E-state index in [9.17, 15) is 9.90 Å². The lowest BCUT2D eigenvalue weighted by atomic mass is 10.2. The molecule has 0 amide bonds. The normalized spacial score (nSPS) is 11.0. The minimum atomic E-state index is -0.146. The highest BCUT2D eigenvalue weighted by molar-refractivity contribution is 5.65. The van der Waals surface area contributed by atoms with Gasteiger partial charge in [0.25, 0.3) is 5.56 Å². The van der Waals surface area contributed by atoms with Gasteiger partial charge in [-0.25, -0.2) is 4.98 Å². The Bertz CT molecular complexity index is 895. The van der Waals surface area contributed by atoms with Gasteiger partial charge in [0.2, 0.25) is 0 Å². The van der Waals surface area contributed by atoms with Crippen LogP contribution >= 0.6 is 0 Å². The Morgan fingerprint density at radius 1 is 1.04 bits per heavy atom. The molecule has 0 saturated carbocycles. The second-order valence-electron chi connectivity index (χ2n) is 5.20. The summed E-state index contributed by atoms with van der Waals surface area (Å²) in [7, 11) is 0. The summed E-state index contributed by atoms with van der Waals surface area (Å²) in [4.78, 5) is 16.8. The third-order valence-electron chi connectivity index (χ3n) is 3.42. The molecular formula is C19H16N2O2. The van der Waals surface area contributed by atoms with Crippen molar-refractivity contribution in [1.82, 2.24) is 9.55 Å². The number of phenolic OH excluding ortho intramolecular Hbond substituents is 1. The van der Waals surface area contributed by atoms with Crippen LogP contribution in [0.25, 0.3) is 23.7 Å². The Morgan fingerprint density at radius 2 is 1.74 bits per heavy atom. The van der Waals surface area contributed by atoms with E-state index in [0.29, 0.717) is 11.5 Å². The fourth-order valence-corrected chi connectivity index (χ4v) is 2.29. The number of nitrogens with zero attached hydrogens (tertiary/aromatic N) is 2. The average Bonchev–Trinajstić information content (AvgIpc) is 2.55. The molecule has 0 aliphatic rings. The highest BCUT2D eigenvalue weighted by Crippen LogP contribution is 2.20. The zero-order chi connectivity index (χ0) is 16.2. The summed E-state index contributed by atoms with van der Waals surface area (Å²) < 4.78 is 1.51.